The molecule has 16 heavy (non-hydrogen) atoms. The summed E-state index contributed by atoms with van der Waals surface area (Å²) in [6.45, 7) is 10.9. The van der Waals surface area contributed by atoms with Crippen LogP contribution >= 0.6 is 0 Å². The highest BCUT2D eigenvalue weighted by Gasteiger charge is 2.50. The monoisotopic (exact) mass is 220 g/mol. The number of rotatable bonds is 4. The third-order valence-corrected chi connectivity index (χ3v) is 3.15. The van der Waals surface area contributed by atoms with Gasteiger partial charge in [-0.05, 0) is 32.6 Å². The Labute approximate surface area is 97.7 Å². The van der Waals surface area contributed by atoms with Gasteiger partial charge in [0.15, 0.2) is 0 Å². The molecular formula is C13H20N2O. The smallest absolute Gasteiger partial charge is 0.243 e. The van der Waals surface area contributed by atoms with E-state index in [1.165, 1.54) is 0 Å². The maximum absolute atomic E-state index is 12.3. The molecular weight excluding hydrogens is 200 g/mol. The lowest BCUT2D eigenvalue weighted by Crippen LogP contribution is -2.50. The van der Waals surface area contributed by atoms with Crippen LogP contribution in [0.3, 0.4) is 0 Å². The number of hydrogen-bond donors (Lipinski definition) is 0. The van der Waals surface area contributed by atoms with Crippen LogP contribution in [0.25, 0.3) is 0 Å². The molecule has 0 heterocycles. The van der Waals surface area contributed by atoms with Crippen molar-refractivity contribution in [3.63, 3.8) is 0 Å². The molecule has 1 fully saturated rings. The summed E-state index contributed by atoms with van der Waals surface area (Å²) in [6.07, 6.45) is 1.41. The first-order valence-electron chi connectivity index (χ1n) is 5.80. The van der Waals surface area contributed by atoms with Crippen molar-refractivity contribution in [2.24, 2.45) is 11.3 Å². The highest BCUT2D eigenvalue weighted by molar-refractivity contribution is 5.86. The number of nitrogens with zero attached hydrogens (tertiary/aromatic N) is 2. The van der Waals surface area contributed by atoms with Crippen LogP contribution in [0, 0.1) is 22.7 Å². The SMILES string of the molecule is C=C(C)CN(CC)C(=O)C1(C#N)CC(C)C1. The Balaban J connectivity index is 2.75. The lowest BCUT2D eigenvalue weighted by molar-refractivity contribution is -0.144. The van der Waals surface area contributed by atoms with Crippen molar-refractivity contribution in [2.45, 2.75) is 33.6 Å². The van der Waals surface area contributed by atoms with Crippen molar-refractivity contribution >= 4 is 5.91 Å². The first-order valence-corrected chi connectivity index (χ1v) is 5.80. The standard InChI is InChI=1S/C13H20N2O/c1-5-15(8-10(2)3)12(16)13(9-14)6-11(4)7-13/h11H,2,5-8H2,1,3-4H3. The summed E-state index contributed by atoms with van der Waals surface area (Å²) in [5.41, 5.74) is 0.209. The Morgan fingerprint density at radius 3 is 2.50 bits per heavy atom. The third-order valence-electron chi connectivity index (χ3n) is 3.15. The molecule has 3 nitrogen and oxygen atoms in total. The summed E-state index contributed by atoms with van der Waals surface area (Å²) in [6, 6.07) is 2.21. The van der Waals surface area contributed by atoms with Crippen molar-refractivity contribution in [1.82, 2.24) is 4.90 Å². The van der Waals surface area contributed by atoms with E-state index in [1.54, 1.807) is 4.90 Å². The molecule has 0 atom stereocenters. The Bertz CT molecular complexity index is 334. The molecule has 0 aromatic rings. The summed E-state index contributed by atoms with van der Waals surface area (Å²) < 4.78 is 0. The normalized spacial score (nSPS) is 27.8. The van der Waals surface area contributed by atoms with Crippen LogP contribution in [0.2, 0.25) is 0 Å². The average molecular weight is 220 g/mol. The van der Waals surface area contributed by atoms with Gasteiger partial charge in [-0.15, -0.1) is 0 Å². The molecule has 1 saturated carbocycles. The van der Waals surface area contributed by atoms with Crippen molar-refractivity contribution in [2.75, 3.05) is 13.1 Å². The molecule has 0 saturated heterocycles. The molecule has 0 spiro atoms. The quantitative estimate of drug-likeness (QED) is 0.683. The van der Waals surface area contributed by atoms with Gasteiger partial charge in [0.2, 0.25) is 5.91 Å². The average Bonchev–Trinajstić information content (AvgIpc) is 2.19. The minimum absolute atomic E-state index is 0.0152. The van der Waals surface area contributed by atoms with Crippen LogP contribution in [0.1, 0.15) is 33.6 Å². The number of carbonyl (C=O) groups excluding carboxylic acids is 1. The Morgan fingerprint density at radius 1 is 1.62 bits per heavy atom. The fourth-order valence-electron chi connectivity index (χ4n) is 2.40. The fourth-order valence-corrected chi connectivity index (χ4v) is 2.40. The van der Waals surface area contributed by atoms with E-state index in [2.05, 4.69) is 19.6 Å². The van der Waals surface area contributed by atoms with Gasteiger partial charge in [-0.2, -0.15) is 5.26 Å². The first kappa shape index (κ1) is 12.8. The molecule has 1 amide bonds. The molecule has 0 aromatic carbocycles. The summed E-state index contributed by atoms with van der Waals surface area (Å²) in [5.74, 6) is 0.478. The molecule has 0 radical (unpaired) electrons. The van der Waals surface area contributed by atoms with Crippen LogP contribution in [0.5, 0.6) is 0 Å². The van der Waals surface area contributed by atoms with Gasteiger partial charge in [0.05, 0.1) is 6.07 Å². The van der Waals surface area contributed by atoms with Gasteiger partial charge >= 0.3 is 0 Å². The van der Waals surface area contributed by atoms with E-state index in [0.717, 1.165) is 5.57 Å². The predicted molar refractivity (Wildman–Crippen MR) is 63.5 cm³/mol. The minimum atomic E-state index is -0.745. The van der Waals surface area contributed by atoms with Crippen molar-refractivity contribution in [3.8, 4) is 6.07 Å². The van der Waals surface area contributed by atoms with Crippen LogP contribution < -0.4 is 0 Å². The number of amides is 1. The second-order valence-electron chi connectivity index (χ2n) is 4.98. The van der Waals surface area contributed by atoms with E-state index < -0.39 is 5.41 Å². The zero-order valence-electron chi connectivity index (χ0n) is 10.4. The zero-order valence-corrected chi connectivity index (χ0v) is 10.4. The van der Waals surface area contributed by atoms with E-state index >= 15 is 0 Å². The molecule has 0 N–H and O–H groups in total. The number of carbonyl (C=O) groups is 1. The largest absolute Gasteiger partial charge is 0.338 e. The van der Waals surface area contributed by atoms with Gasteiger partial charge < -0.3 is 4.90 Å². The van der Waals surface area contributed by atoms with Crippen molar-refractivity contribution < 1.29 is 4.79 Å². The molecule has 88 valence electrons. The van der Waals surface area contributed by atoms with Gasteiger partial charge in [-0.3, -0.25) is 4.79 Å². The maximum atomic E-state index is 12.3. The van der Waals surface area contributed by atoms with E-state index in [9.17, 15) is 10.1 Å². The molecule has 1 rings (SSSR count). The van der Waals surface area contributed by atoms with Gasteiger partial charge in [-0.25, -0.2) is 0 Å². The summed E-state index contributed by atoms with van der Waals surface area (Å²) in [5, 5.41) is 9.18. The van der Waals surface area contributed by atoms with E-state index in [1.807, 2.05) is 13.8 Å². The molecule has 0 bridgehead atoms. The predicted octanol–water partition coefficient (Wildman–Crippen LogP) is 2.35. The molecule has 0 aromatic heterocycles. The first-order chi connectivity index (χ1) is 7.45. The van der Waals surface area contributed by atoms with E-state index in [-0.39, 0.29) is 5.91 Å². The summed E-state index contributed by atoms with van der Waals surface area (Å²) in [4.78, 5) is 14.0. The lowest BCUT2D eigenvalue weighted by Gasteiger charge is -2.42. The topological polar surface area (TPSA) is 44.1 Å². The van der Waals surface area contributed by atoms with Crippen LogP contribution in [-0.2, 0) is 4.79 Å². The van der Waals surface area contributed by atoms with Crippen molar-refractivity contribution in [3.05, 3.63) is 12.2 Å². The van der Waals surface area contributed by atoms with Gasteiger partial charge in [0.1, 0.15) is 5.41 Å². The molecule has 0 unspecified atom stereocenters. The van der Waals surface area contributed by atoms with Crippen molar-refractivity contribution in [1.29, 1.82) is 5.26 Å². The zero-order chi connectivity index (χ0) is 12.3. The summed E-state index contributed by atoms with van der Waals surface area (Å²) >= 11 is 0. The Hall–Kier alpha value is -1.30. The maximum Gasteiger partial charge on any atom is 0.243 e. The molecule has 3 heteroatoms. The Kier molecular flexibility index (Phi) is 3.74. The van der Waals surface area contributed by atoms with Gasteiger partial charge in [0, 0.05) is 13.1 Å². The highest BCUT2D eigenvalue weighted by atomic mass is 16.2. The lowest BCUT2D eigenvalue weighted by atomic mass is 9.62. The Morgan fingerprint density at radius 2 is 2.19 bits per heavy atom. The number of hydrogen-bond acceptors (Lipinski definition) is 2. The molecule has 1 aliphatic rings. The molecule has 0 aliphatic heterocycles. The fraction of sp³-hybridized carbons (Fsp3) is 0.692. The van der Waals surface area contributed by atoms with Crippen LogP contribution in [0.15, 0.2) is 12.2 Å². The van der Waals surface area contributed by atoms with Crippen LogP contribution in [0.4, 0.5) is 0 Å². The minimum Gasteiger partial charge on any atom is -0.338 e. The van der Waals surface area contributed by atoms with Crippen LogP contribution in [-0.4, -0.2) is 23.9 Å². The van der Waals surface area contributed by atoms with Gasteiger partial charge in [0.25, 0.3) is 0 Å². The second kappa shape index (κ2) is 4.69. The number of nitriles is 1. The molecule has 1 aliphatic carbocycles. The third kappa shape index (κ3) is 2.27. The highest BCUT2D eigenvalue weighted by Crippen LogP contribution is 2.46. The van der Waals surface area contributed by atoms with E-state index in [4.69, 9.17) is 0 Å². The van der Waals surface area contributed by atoms with Gasteiger partial charge in [-0.1, -0.05) is 19.1 Å². The second-order valence-corrected chi connectivity index (χ2v) is 4.98. The number of likely N-dealkylation sites (N-methyl/N-ethyl adjacent to an activating group) is 1. The summed E-state index contributed by atoms with van der Waals surface area (Å²) in [7, 11) is 0. The van der Waals surface area contributed by atoms with E-state index in [0.29, 0.717) is 31.8 Å².